The Bertz CT molecular complexity index is 107. The van der Waals surface area contributed by atoms with Crippen LogP contribution in [0, 0.1) is 0 Å². The van der Waals surface area contributed by atoms with E-state index in [0.717, 1.165) is 0 Å². The van der Waals surface area contributed by atoms with E-state index in [2.05, 4.69) is 10.7 Å². The van der Waals surface area contributed by atoms with Crippen LogP contribution in [0.25, 0.3) is 0 Å². The standard InChI is InChI=1S/C4H5O.CH3.Al/c1-2-3-4-5;;/h1-5H;1H3;/q;;+1/p-1. The molecule has 0 unspecified atom stereocenters. The van der Waals surface area contributed by atoms with Crippen LogP contribution in [0.1, 0.15) is 0 Å². The summed E-state index contributed by atoms with van der Waals surface area (Å²) >= 11 is -0.862. The summed E-state index contributed by atoms with van der Waals surface area (Å²) in [6.07, 6.45) is 5.71. The molecule has 0 amide bonds. The molecule has 0 saturated heterocycles. The molecule has 7 heavy (non-hydrogen) atoms. The summed E-state index contributed by atoms with van der Waals surface area (Å²) in [6, 6.07) is 0. The van der Waals surface area contributed by atoms with Gasteiger partial charge in [-0.25, -0.2) is 0 Å². The van der Waals surface area contributed by atoms with Crippen molar-refractivity contribution in [1.82, 2.24) is 0 Å². The van der Waals surface area contributed by atoms with Gasteiger partial charge in [0, 0.05) is 6.26 Å². The predicted molar refractivity (Wildman–Crippen MR) is 31.0 cm³/mol. The Morgan fingerprint density at radius 2 is 2.29 bits per heavy atom. The van der Waals surface area contributed by atoms with E-state index in [1.165, 1.54) is 0 Å². The topological polar surface area (TPSA) is 9.23 Å². The Hall–Kier alpha value is -0.188. The first-order valence-electron chi connectivity index (χ1n) is 2.38. The molecular formula is C5H7AlO. The van der Waals surface area contributed by atoms with Crippen molar-refractivity contribution in [2.75, 3.05) is 0 Å². The van der Waals surface area contributed by atoms with Gasteiger partial charge in [0.05, 0.1) is 0 Å². The lowest BCUT2D eigenvalue weighted by Gasteiger charge is -2.02. The largest absolute Gasteiger partial charge is 0.645 e. The van der Waals surface area contributed by atoms with Crippen LogP contribution in [0.3, 0.4) is 0 Å². The maximum absolute atomic E-state index is 5.15. The lowest BCUT2D eigenvalue weighted by atomic mass is 10.6. The molecule has 0 atom stereocenters. The van der Waals surface area contributed by atoms with E-state index < -0.39 is 14.5 Å². The molecule has 1 nitrogen and oxygen atoms in total. The number of hydrogen-bond donors (Lipinski definition) is 0. The maximum atomic E-state index is 5.15. The first-order chi connectivity index (χ1) is 3.39. The number of allylic oxidation sites excluding steroid dienone is 2. The van der Waals surface area contributed by atoms with Crippen molar-refractivity contribution in [3.8, 4) is 0 Å². The molecule has 0 aromatic carbocycles. The highest BCUT2D eigenvalue weighted by molar-refractivity contribution is 6.56. The van der Waals surface area contributed by atoms with Gasteiger partial charge >= 0.3 is 14.5 Å². The van der Waals surface area contributed by atoms with Crippen LogP contribution < -0.4 is 0 Å². The second-order valence-electron chi connectivity index (χ2n) is 1.55. The normalized spacial score (nSPS) is 17.0. The van der Waals surface area contributed by atoms with Gasteiger partial charge in [0.25, 0.3) is 0 Å². The van der Waals surface area contributed by atoms with Crippen LogP contribution in [0.4, 0.5) is 0 Å². The molecule has 0 N–H and O–H groups in total. The molecule has 0 saturated carbocycles. The van der Waals surface area contributed by atoms with E-state index in [1.54, 1.807) is 6.26 Å². The Balaban J connectivity index is 2.49. The van der Waals surface area contributed by atoms with Gasteiger partial charge in [0.2, 0.25) is 0 Å². The van der Waals surface area contributed by atoms with E-state index in [4.69, 9.17) is 3.79 Å². The Labute approximate surface area is 48.0 Å². The van der Waals surface area contributed by atoms with Crippen molar-refractivity contribution >= 4 is 14.5 Å². The van der Waals surface area contributed by atoms with Gasteiger partial charge in [0.15, 0.2) is 0 Å². The first kappa shape index (κ1) is 4.96. The van der Waals surface area contributed by atoms with Crippen molar-refractivity contribution in [3.05, 3.63) is 23.4 Å². The lowest BCUT2D eigenvalue weighted by Crippen LogP contribution is -2.06. The van der Waals surface area contributed by atoms with Crippen molar-refractivity contribution < 1.29 is 3.79 Å². The molecule has 1 aliphatic rings. The van der Waals surface area contributed by atoms with E-state index in [1.807, 2.05) is 12.2 Å². The molecule has 0 aromatic heterocycles. The molecule has 1 heterocycles. The van der Waals surface area contributed by atoms with Gasteiger partial charge in [-0.1, -0.05) is 11.9 Å². The molecular weight excluding hydrogens is 103 g/mol. The zero-order valence-electron chi connectivity index (χ0n) is 4.29. The summed E-state index contributed by atoms with van der Waals surface area (Å²) < 4.78 is 5.15. The number of hydrogen-bond acceptors (Lipinski definition) is 1. The average Bonchev–Trinajstić information content (AvgIpc) is 1.69. The SMILES string of the molecule is [CH3][Al]1[CH]=CC=C[O]1. The Kier molecular flexibility index (Phi) is 1.56. The van der Waals surface area contributed by atoms with Gasteiger partial charge in [-0.05, 0) is 6.08 Å². The molecule has 0 fully saturated rings. The highest BCUT2D eigenvalue weighted by Crippen LogP contribution is 1.95. The number of rotatable bonds is 0. The van der Waals surface area contributed by atoms with Crippen molar-refractivity contribution in [2.45, 2.75) is 5.79 Å². The van der Waals surface area contributed by atoms with Gasteiger partial charge < -0.3 is 3.79 Å². The smallest absolute Gasteiger partial charge is 0.577 e. The van der Waals surface area contributed by atoms with E-state index in [9.17, 15) is 0 Å². The molecule has 0 aromatic rings. The fourth-order valence-electron chi connectivity index (χ4n) is 0.481. The van der Waals surface area contributed by atoms with Crippen LogP contribution in [0.5, 0.6) is 0 Å². The summed E-state index contributed by atoms with van der Waals surface area (Å²) in [6.45, 7) is 0. The molecule has 1 aliphatic heterocycles. The predicted octanol–water partition coefficient (Wildman–Crippen LogP) is 1.25. The van der Waals surface area contributed by atoms with Crippen LogP contribution in [-0.4, -0.2) is 14.5 Å². The van der Waals surface area contributed by atoms with Crippen molar-refractivity contribution in [3.63, 3.8) is 0 Å². The fourth-order valence-corrected chi connectivity index (χ4v) is 1.35. The second kappa shape index (κ2) is 2.21. The van der Waals surface area contributed by atoms with Crippen molar-refractivity contribution in [2.24, 2.45) is 0 Å². The third kappa shape index (κ3) is 1.38. The fraction of sp³-hybridized carbons (Fsp3) is 0.200. The highest BCUT2D eigenvalue weighted by atomic mass is 27.2. The van der Waals surface area contributed by atoms with E-state index in [0.29, 0.717) is 0 Å². The van der Waals surface area contributed by atoms with Crippen LogP contribution in [0.2, 0.25) is 5.79 Å². The minimum absolute atomic E-state index is 0.862. The zero-order valence-corrected chi connectivity index (χ0v) is 5.45. The minimum Gasteiger partial charge on any atom is -0.645 e. The molecule has 0 radical (unpaired) electrons. The maximum Gasteiger partial charge on any atom is 0.577 e. The monoisotopic (exact) mass is 110 g/mol. The highest BCUT2D eigenvalue weighted by Gasteiger charge is 2.08. The summed E-state index contributed by atoms with van der Waals surface area (Å²) in [7, 11) is 0. The second-order valence-corrected chi connectivity index (χ2v) is 3.62. The van der Waals surface area contributed by atoms with Gasteiger partial charge in [0.1, 0.15) is 0 Å². The van der Waals surface area contributed by atoms with Crippen LogP contribution >= 0.6 is 0 Å². The lowest BCUT2D eigenvalue weighted by molar-refractivity contribution is 0.503. The average molecular weight is 110 g/mol. The zero-order chi connectivity index (χ0) is 5.11. The molecule has 2 heteroatoms. The molecule has 0 bridgehead atoms. The van der Waals surface area contributed by atoms with Crippen LogP contribution in [0.15, 0.2) is 23.4 Å². The van der Waals surface area contributed by atoms with Gasteiger partial charge in [-0.2, -0.15) is 0 Å². The molecule has 0 spiro atoms. The summed E-state index contributed by atoms with van der Waals surface area (Å²) in [5.74, 6) is 2.14. The molecule has 1 rings (SSSR count). The first-order valence-corrected chi connectivity index (χ1v) is 4.67. The third-order valence-electron chi connectivity index (χ3n) is 0.865. The summed E-state index contributed by atoms with van der Waals surface area (Å²) in [5.41, 5.74) is 0. The molecule has 0 aliphatic carbocycles. The van der Waals surface area contributed by atoms with E-state index in [-0.39, 0.29) is 0 Å². The van der Waals surface area contributed by atoms with Crippen LogP contribution in [-0.2, 0) is 3.79 Å². The third-order valence-corrected chi connectivity index (χ3v) is 2.22. The summed E-state index contributed by atoms with van der Waals surface area (Å²) in [4.78, 5) is 2.14. The Morgan fingerprint density at radius 1 is 1.43 bits per heavy atom. The Morgan fingerprint density at radius 3 is 2.57 bits per heavy atom. The van der Waals surface area contributed by atoms with Gasteiger partial charge in [-0.15, -0.1) is 4.94 Å². The van der Waals surface area contributed by atoms with Gasteiger partial charge in [-0.3, -0.25) is 0 Å². The quantitative estimate of drug-likeness (QED) is 0.426. The van der Waals surface area contributed by atoms with E-state index >= 15 is 0 Å². The minimum atomic E-state index is -0.862. The summed E-state index contributed by atoms with van der Waals surface area (Å²) in [5, 5.41) is 0. The van der Waals surface area contributed by atoms with Crippen molar-refractivity contribution in [1.29, 1.82) is 0 Å². The molecule has 36 valence electrons.